The van der Waals surface area contributed by atoms with E-state index < -0.39 is 0 Å². The zero-order valence-electron chi connectivity index (χ0n) is 15.1. The molecule has 124 valence electrons. The van der Waals surface area contributed by atoms with Gasteiger partial charge in [0.15, 0.2) is 0 Å². The molecule has 2 fully saturated rings. The molecule has 0 heterocycles. The molecule has 0 saturated heterocycles. The summed E-state index contributed by atoms with van der Waals surface area (Å²) in [7, 11) is 0. The molecule has 21 heavy (non-hydrogen) atoms. The van der Waals surface area contributed by atoms with Crippen LogP contribution in [0.2, 0.25) is 0 Å². The molecule has 0 aromatic heterocycles. The highest BCUT2D eigenvalue weighted by atomic mass is 15.2. The van der Waals surface area contributed by atoms with Crippen molar-refractivity contribution in [2.45, 2.75) is 85.2 Å². The van der Waals surface area contributed by atoms with Crippen molar-refractivity contribution in [3.8, 4) is 0 Å². The quantitative estimate of drug-likeness (QED) is 0.718. The molecule has 2 aliphatic rings. The Labute approximate surface area is 133 Å². The van der Waals surface area contributed by atoms with E-state index >= 15 is 0 Å². The summed E-state index contributed by atoms with van der Waals surface area (Å²) >= 11 is 0. The van der Waals surface area contributed by atoms with E-state index in [9.17, 15) is 0 Å². The van der Waals surface area contributed by atoms with Crippen molar-refractivity contribution >= 4 is 0 Å². The fraction of sp³-hybridized carbons (Fsp3) is 1.00. The van der Waals surface area contributed by atoms with Crippen LogP contribution in [0.3, 0.4) is 0 Å². The second-order valence-corrected chi connectivity index (χ2v) is 8.74. The smallest absolute Gasteiger partial charge is 0.0108 e. The minimum absolute atomic E-state index is 0.545. The van der Waals surface area contributed by atoms with Crippen molar-refractivity contribution in [1.29, 1.82) is 0 Å². The van der Waals surface area contributed by atoms with E-state index in [1.165, 1.54) is 51.6 Å². The molecule has 0 aromatic rings. The van der Waals surface area contributed by atoms with Gasteiger partial charge in [0.1, 0.15) is 0 Å². The van der Waals surface area contributed by atoms with Crippen molar-refractivity contribution < 1.29 is 0 Å². The Kier molecular flexibility index (Phi) is 6.14. The Balaban J connectivity index is 1.94. The van der Waals surface area contributed by atoms with Gasteiger partial charge < -0.3 is 10.2 Å². The van der Waals surface area contributed by atoms with E-state index in [2.05, 4.69) is 44.8 Å². The van der Waals surface area contributed by atoms with Crippen LogP contribution in [-0.4, -0.2) is 36.6 Å². The maximum Gasteiger partial charge on any atom is 0.0108 e. The summed E-state index contributed by atoms with van der Waals surface area (Å²) in [5, 5.41) is 3.78. The van der Waals surface area contributed by atoms with Crippen LogP contribution in [0.15, 0.2) is 0 Å². The lowest BCUT2D eigenvalue weighted by atomic mass is 9.69. The fourth-order valence-electron chi connectivity index (χ4n) is 4.05. The Hall–Kier alpha value is -0.0800. The van der Waals surface area contributed by atoms with Crippen LogP contribution in [0.25, 0.3) is 0 Å². The summed E-state index contributed by atoms with van der Waals surface area (Å²) in [6, 6.07) is 1.67. The molecule has 2 unspecified atom stereocenters. The van der Waals surface area contributed by atoms with Crippen LogP contribution >= 0.6 is 0 Å². The predicted molar refractivity (Wildman–Crippen MR) is 92.6 cm³/mol. The van der Waals surface area contributed by atoms with Gasteiger partial charge in [-0.15, -0.1) is 0 Å². The number of hydrogen-bond donors (Lipinski definition) is 1. The summed E-state index contributed by atoms with van der Waals surface area (Å²) in [5.74, 6) is 1.68. The van der Waals surface area contributed by atoms with Gasteiger partial charge in [-0.25, -0.2) is 0 Å². The van der Waals surface area contributed by atoms with Gasteiger partial charge in [-0.05, 0) is 68.9 Å². The van der Waals surface area contributed by atoms with E-state index in [4.69, 9.17) is 0 Å². The molecule has 1 N–H and O–H groups in total. The van der Waals surface area contributed by atoms with Gasteiger partial charge in [-0.3, -0.25) is 0 Å². The molecular weight excluding hydrogens is 256 g/mol. The van der Waals surface area contributed by atoms with Crippen LogP contribution in [-0.2, 0) is 0 Å². The van der Waals surface area contributed by atoms with Gasteiger partial charge in [0.2, 0.25) is 0 Å². The number of hydrogen-bond acceptors (Lipinski definition) is 2. The molecule has 2 saturated carbocycles. The first-order chi connectivity index (χ1) is 9.91. The first-order valence-corrected chi connectivity index (χ1v) is 9.38. The van der Waals surface area contributed by atoms with E-state index in [1.807, 2.05) is 0 Å². The minimum atomic E-state index is 0.545. The molecule has 2 aliphatic carbocycles. The lowest BCUT2D eigenvalue weighted by Crippen LogP contribution is -2.48. The van der Waals surface area contributed by atoms with Crippen molar-refractivity contribution in [3.63, 3.8) is 0 Å². The Morgan fingerprint density at radius 3 is 2.48 bits per heavy atom. The highest BCUT2D eigenvalue weighted by Gasteiger charge is 2.38. The zero-order chi connectivity index (χ0) is 15.5. The number of rotatable bonds is 8. The molecule has 2 atom stereocenters. The summed E-state index contributed by atoms with van der Waals surface area (Å²) in [6.07, 6.45) is 8.40. The zero-order valence-corrected chi connectivity index (χ0v) is 15.1. The lowest BCUT2D eigenvalue weighted by molar-refractivity contribution is 0.0952. The van der Waals surface area contributed by atoms with Gasteiger partial charge in [-0.2, -0.15) is 0 Å². The normalized spacial score (nSPS) is 29.3. The van der Waals surface area contributed by atoms with E-state index in [0.717, 1.165) is 30.5 Å². The van der Waals surface area contributed by atoms with Crippen molar-refractivity contribution in [2.75, 3.05) is 19.6 Å². The Bertz CT molecular complexity index is 307. The Morgan fingerprint density at radius 1 is 1.19 bits per heavy atom. The van der Waals surface area contributed by atoms with Crippen LogP contribution in [0.4, 0.5) is 0 Å². The highest BCUT2D eigenvalue weighted by molar-refractivity contribution is 4.93. The fourth-order valence-corrected chi connectivity index (χ4v) is 4.05. The van der Waals surface area contributed by atoms with Crippen LogP contribution in [0.5, 0.6) is 0 Å². The van der Waals surface area contributed by atoms with Gasteiger partial charge in [0.25, 0.3) is 0 Å². The molecule has 0 spiro atoms. The second-order valence-electron chi connectivity index (χ2n) is 8.74. The molecule has 0 radical (unpaired) electrons. The number of nitrogens with zero attached hydrogens (tertiary/aromatic N) is 1. The molecule has 0 aliphatic heterocycles. The molecular formula is C19H38N2. The first kappa shape index (κ1) is 17.3. The second kappa shape index (κ2) is 7.46. The van der Waals surface area contributed by atoms with Crippen LogP contribution < -0.4 is 5.32 Å². The highest BCUT2D eigenvalue weighted by Crippen LogP contribution is 2.40. The summed E-state index contributed by atoms with van der Waals surface area (Å²) in [4.78, 5) is 2.83. The molecule has 0 amide bonds. The van der Waals surface area contributed by atoms with Crippen molar-refractivity contribution in [2.24, 2.45) is 17.3 Å². The number of nitrogens with one attached hydrogen (secondary N) is 1. The van der Waals surface area contributed by atoms with Crippen LogP contribution in [0, 0.1) is 17.3 Å². The van der Waals surface area contributed by atoms with Crippen molar-refractivity contribution in [1.82, 2.24) is 10.2 Å². The third-order valence-electron chi connectivity index (χ3n) is 5.51. The maximum atomic E-state index is 3.78. The van der Waals surface area contributed by atoms with Gasteiger partial charge in [-0.1, -0.05) is 34.6 Å². The third-order valence-corrected chi connectivity index (χ3v) is 5.51. The Morgan fingerprint density at radius 2 is 1.90 bits per heavy atom. The molecule has 0 aromatic carbocycles. The van der Waals surface area contributed by atoms with Gasteiger partial charge >= 0.3 is 0 Å². The average molecular weight is 295 g/mol. The van der Waals surface area contributed by atoms with Gasteiger partial charge in [0.05, 0.1) is 0 Å². The van der Waals surface area contributed by atoms with E-state index in [-0.39, 0.29) is 0 Å². The lowest BCUT2D eigenvalue weighted by Gasteiger charge is -2.43. The largest absolute Gasteiger partial charge is 0.314 e. The molecule has 2 nitrogen and oxygen atoms in total. The molecule has 2 rings (SSSR count). The SMILES string of the molecule is CCNC1CCC(C)(C)CC1CN(CCC(C)C)C1CC1. The maximum absolute atomic E-state index is 3.78. The van der Waals surface area contributed by atoms with Gasteiger partial charge in [0, 0.05) is 18.6 Å². The van der Waals surface area contributed by atoms with Crippen LogP contribution in [0.1, 0.15) is 73.1 Å². The third kappa shape index (κ3) is 5.56. The minimum Gasteiger partial charge on any atom is -0.314 e. The topological polar surface area (TPSA) is 15.3 Å². The molecule has 2 heteroatoms. The van der Waals surface area contributed by atoms with E-state index in [0.29, 0.717) is 5.41 Å². The first-order valence-electron chi connectivity index (χ1n) is 9.38. The average Bonchev–Trinajstić information content (AvgIpc) is 3.21. The van der Waals surface area contributed by atoms with E-state index in [1.54, 1.807) is 0 Å². The molecule has 0 bridgehead atoms. The van der Waals surface area contributed by atoms with Crippen molar-refractivity contribution in [3.05, 3.63) is 0 Å². The summed E-state index contributed by atoms with van der Waals surface area (Å²) < 4.78 is 0. The standard InChI is InChI=1S/C19H38N2/c1-6-20-18-9-11-19(4,5)13-16(18)14-21(17-7-8-17)12-10-15(2)3/h15-18,20H,6-14H2,1-5H3. The predicted octanol–water partition coefficient (Wildman–Crippen LogP) is 4.30. The monoisotopic (exact) mass is 294 g/mol. The summed E-state index contributed by atoms with van der Waals surface area (Å²) in [5.41, 5.74) is 0.545. The summed E-state index contributed by atoms with van der Waals surface area (Å²) in [6.45, 7) is 15.7.